The van der Waals surface area contributed by atoms with Crippen LogP contribution >= 0.6 is 0 Å². The van der Waals surface area contributed by atoms with Gasteiger partial charge in [-0.05, 0) is 29.8 Å². The van der Waals surface area contributed by atoms with Crippen LogP contribution in [0.15, 0.2) is 48.5 Å². The summed E-state index contributed by atoms with van der Waals surface area (Å²) in [5.74, 6) is 2.51. The zero-order valence-electron chi connectivity index (χ0n) is 12.0. The Hall–Kier alpha value is -2.20. The summed E-state index contributed by atoms with van der Waals surface area (Å²) in [4.78, 5) is 0. The maximum Gasteiger partial charge on any atom is 0.161 e. The average Bonchev–Trinajstić information content (AvgIpc) is 2.55. The highest BCUT2D eigenvalue weighted by molar-refractivity contribution is 5.40. The quantitative estimate of drug-likeness (QED) is 0.916. The van der Waals surface area contributed by atoms with Crippen LogP contribution in [0.4, 0.5) is 0 Å². The molecule has 4 nitrogen and oxygen atoms in total. The standard InChI is InChI=1S/C17H19NO3/c1-19-14-6-4-5-13(9-14)10-18-11-15-12-20-16-7-2-3-8-17(16)21-15/h2-9,15,18H,10-12H2,1H3. The van der Waals surface area contributed by atoms with Crippen LogP contribution in [0.2, 0.25) is 0 Å². The molecule has 1 aliphatic heterocycles. The molecule has 3 rings (SSSR count). The van der Waals surface area contributed by atoms with Crippen LogP contribution in [-0.4, -0.2) is 26.4 Å². The third kappa shape index (κ3) is 3.47. The maximum absolute atomic E-state index is 5.90. The summed E-state index contributed by atoms with van der Waals surface area (Å²) in [5, 5.41) is 3.39. The number of benzene rings is 2. The molecule has 0 amide bonds. The van der Waals surface area contributed by atoms with Crippen molar-refractivity contribution in [3.63, 3.8) is 0 Å². The van der Waals surface area contributed by atoms with Crippen molar-refractivity contribution < 1.29 is 14.2 Å². The highest BCUT2D eigenvalue weighted by Gasteiger charge is 2.19. The minimum Gasteiger partial charge on any atom is -0.497 e. The summed E-state index contributed by atoms with van der Waals surface area (Å²) >= 11 is 0. The van der Waals surface area contributed by atoms with E-state index >= 15 is 0 Å². The Morgan fingerprint density at radius 2 is 2.00 bits per heavy atom. The smallest absolute Gasteiger partial charge is 0.161 e. The molecule has 2 aromatic rings. The van der Waals surface area contributed by atoms with Gasteiger partial charge in [0.1, 0.15) is 18.5 Å². The summed E-state index contributed by atoms with van der Waals surface area (Å²) in [6.07, 6.45) is 0.0329. The lowest BCUT2D eigenvalue weighted by Gasteiger charge is -2.26. The monoisotopic (exact) mass is 285 g/mol. The van der Waals surface area contributed by atoms with Crippen molar-refractivity contribution in [2.45, 2.75) is 12.6 Å². The van der Waals surface area contributed by atoms with Crippen molar-refractivity contribution >= 4 is 0 Å². The molecule has 0 bridgehead atoms. The fourth-order valence-corrected chi connectivity index (χ4v) is 2.32. The Balaban J connectivity index is 1.50. The molecule has 0 fully saturated rings. The molecule has 2 aromatic carbocycles. The molecule has 1 unspecified atom stereocenters. The fourth-order valence-electron chi connectivity index (χ4n) is 2.32. The van der Waals surface area contributed by atoms with Gasteiger partial charge in [-0.2, -0.15) is 0 Å². The normalized spacial score (nSPS) is 16.5. The van der Waals surface area contributed by atoms with E-state index in [1.165, 1.54) is 5.56 Å². The zero-order valence-corrected chi connectivity index (χ0v) is 12.0. The summed E-state index contributed by atoms with van der Waals surface area (Å²) in [5.41, 5.74) is 1.19. The molecule has 1 aliphatic rings. The van der Waals surface area contributed by atoms with Gasteiger partial charge >= 0.3 is 0 Å². The lowest BCUT2D eigenvalue weighted by Crippen LogP contribution is -2.38. The Labute approximate surface area is 124 Å². The van der Waals surface area contributed by atoms with E-state index in [-0.39, 0.29) is 6.10 Å². The second-order valence-corrected chi connectivity index (χ2v) is 4.98. The highest BCUT2D eigenvalue weighted by atomic mass is 16.6. The molecule has 0 radical (unpaired) electrons. The van der Waals surface area contributed by atoms with Crippen molar-refractivity contribution in [2.75, 3.05) is 20.3 Å². The van der Waals surface area contributed by atoms with Crippen LogP contribution in [0.5, 0.6) is 17.2 Å². The van der Waals surface area contributed by atoms with Gasteiger partial charge in [-0.3, -0.25) is 0 Å². The first-order chi connectivity index (χ1) is 10.3. The topological polar surface area (TPSA) is 39.7 Å². The SMILES string of the molecule is COc1cccc(CNCC2COc3ccccc3O2)c1. The van der Waals surface area contributed by atoms with Gasteiger partial charge in [0.05, 0.1) is 7.11 Å². The van der Waals surface area contributed by atoms with Gasteiger partial charge in [0.25, 0.3) is 0 Å². The van der Waals surface area contributed by atoms with Gasteiger partial charge in [-0.25, -0.2) is 0 Å². The molecule has 0 aliphatic carbocycles. The van der Waals surface area contributed by atoms with E-state index < -0.39 is 0 Å². The first-order valence-corrected chi connectivity index (χ1v) is 7.07. The predicted octanol–water partition coefficient (Wildman–Crippen LogP) is 2.62. The van der Waals surface area contributed by atoms with E-state index in [0.717, 1.165) is 30.3 Å². The average molecular weight is 285 g/mol. The van der Waals surface area contributed by atoms with Crippen molar-refractivity contribution in [1.82, 2.24) is 5.32 Å². The van der Waals surface area contributed by atoms with Crippen molar-refractivity contribution in [1.29, 1.82) is 0 Å². The van der Waals surface area contributed by atoms with Crippen LogP contribution in [-0.2, 0) is 6.54 Å². The van der Waals surface area contributed by atoms with Gasteiger partial charge in [0, 0.05) is 13.1 Å². The summed E-state index contributed by atoms with van der Waals surface area (Å²) in [6, 6.07) is 15.8. The molecule has 1 atom stereocenters. The van der Waals surface area contributed by atoms with Gasteiger partial charge < -0.3 is 19.5 Å². The first-order valence-electron chi connectivity index (χ1n) is 7.07. The summed E-state index contributed by atoms with van der Waals surface area (Å²) in [7, 11) is 1.68. The van der Waals surface area contributed by atoms with Gasteiger partial charge in [0.2, 0.25) is 0 Å². The lowest BCUT2D eigenvalue weighted by atomic mass is 10.2. The fraction of sp³-hybridized carbons (Fsp3) is 0.294. The Bertz CT molecular complexity index is 600. The lowest BCUT2D eigenvalue weighted by molar-refractivity contribution is 0.0902. The number of hydrogen-bond donors (Lipinski definition) is 1. The number of rotatable bonds is 5. The Morgan fingerprint density at radius 1 is 1.14 bits per heavy atom. The molecule has 0 saturated heterocycles. The first kappa shape index (κ1) is 13.8. The van der Waals surface area contributed by atoms with E-state index in [0.29, 0.717) is 6.61 Å². The van der Waals surface area contributed by atoms with Gasteiger partial charge in [0.15, 0.2) is 11.5 Å². The van der Waals surface area contributed by atoms with Crippen molar-refractivity contribution in [3.8, 4) is 17.2 Å². The molecular weight excluding hydrogens is 266 g/mol. The summed E-state index contributed by atoms with van der Waals surface area (Å²) < 4.78 is 16.8. The van der Waals surface area contributed by atoms with Crippen LogP contribution in [0, 0.1) is 0 Å². The predicted molar refractivity (Wildman–Crippen MR) is 81.1 cm³/mol. The van der Waals surface area contributed by atoms with Gasteiger partial charge in [-0.1, -0.05) is 24.3 Å². The molecule has 4 heteroatoms. The van der Waals surface area contributed by atoms with E-state index in [4.69, 9.17) is 14.2 Å². The second kappa shape index (κ2) is 6.50. The van der Waals surface area contributed by atoms with E-state index in [1.54, 1.807) is 7.11 Å². The third-order valence-electron chi connectivity index (χ3n) is 3.40. The molecule has 0 spiro atoms. The Kier molecular flexibility index (Phi) is 4.26. The van der Waals surface area contributed by atoms with Crippen molar-refractivity contribution in [2.24, 2.45) is 0 Å². The number of nitrogens with one attached hydrogen (secondary N) is 1. The minimum absolute atomic E-state index is 0.0329. The second-order valence-electron chi connectivity index (χ2n) is 4.98. The van der Waals surface area contributed by atoms with Crippen molar-refractivity contribution in [3.05, 3.63) is 54.1 Å². The molecule has 21 heavy (non-hydrogen) atoms. The number of methoxy groups -OCH3 is 1. The van der Waals surface area contributed by atoms with Crippen LogP contribution in [0.25, 0.3) is 0 Å². The van der Waals surface area contributed by atoms with Gasteiger partial charge in [-0.15, -0.1) is 0 Å². The van der Waals surface area contributed by atoms with Crippen LogP contribution in [0.1, 0.15) is 5.56 Å². The minimum atomic E-state index is 0.0329. The molecular formula is C17H19NO3. The number of hydrogen-bond acceptors (Lipinski definition) is 4. The molecule has 1 heterocycles. The van der Waals surface area contributed by atoms with Crippen LogP contribution in [0.3, 0.4) is 0 Å². The van der Waals surface area contributed by atoms with E-state index in [1.807, 2.05) is 42.5 Å². The number of ether oxygens (including phenoxy) is 3. The maximum atomic E-state index is 5.90. The highest BCUT2D eigenvalue weighted by Crippen LogP contribution is 2.30. The molecule has 1 N–H and O–H groups in total. The molecule has 0 aromatic heterocycles. The summed E-state index contributed by atoms with van der Waals surface area (Å²) in [6.45, 7) is 2.09. The van der Waals surface area contributed by atoms with E-state index in [2.05, 4.69) is 11.4 Å². The third-order valence-corrected chi connectivity index (χ3v) is 3.40. The molecule has 110 valence electrons. The number of fused-ring (bicyclic) bond motifs is 1. The number of para-hydroxylation sites is 2. The largest absolute Gasteiger partial charge is 0.497 e. The molecule has 0 saturated carbocycles. The zero-order chi connectivity index (χ0) is 14.5. The Morgan fingerprint density at radius 3 is 2.86 bits per heavy atom. The van der Waals surface area contributed by atoms with E-state index in [9.17, 15) is 0 Å². The van der Waals surface area contributed by atoms with Crippen LogP contribution < -0.4 is 19.5 Å².